The van der Waals surface area contributed by atoms with E-state index in [1.807, 2.05) is 56.9 Å². The molecule has 1 atom stereocenters. The molecule has 0 saturated carbocycles. The number of rotatable bonds is 6. The van der Waals surface area contributed by atoms with Crippen LogP contribution in [-0.2, 0) is 9.53 Å². The molecular formula is C24H34N2O3. The highest BCUT2D eigenvalue weighted by molar-refractivity contribution is 5.86. The van der Waals surface area contributed by atoms with E-state index in [1.54, 1.807) is 0 Å². The maximum absolute atomic E-state index is 13.0. The van der Waals surface area contributed by atoms with Gasteiger partial charge in [-0.2, -0.15) is 0 Å². The Hall–Kier alpha value is -2.56. The second-order valence-electron chi connectivity index (χ2n) is 8.66. The van der Waals surface area contributed by atoms with Crippen molar-refractivity contribution in [1.29, 1.82) is 0 Å². The lowest BCUT2D eigenvalue weighted by molar-refractivity contribution is -0.132. The van der Waals surface area contributed by atoms with Crippen LogP contribution in [0.25, 0.3) is 5.57 Å². The topological polar surface area (TPSA) is 58.6 Å². The van der Waals surface area contributed by atoms with Gasteiger partial charge in [-0.15, -0.1) is 0 Å². The smallest absolute Gasteiger partial charge is 0.408 e. The highest BCUT2D eigenvalue weighted by Crippen LogP contribution is 2.17. The fourth-order valence-corrected chi connectivity index (χ4v) is 3.26. The maximum Gasteiger partial charge on any atom is 0.408 e. The molecule has 2 amide bonds. The standard InChI is InChI=1S/C24H34N2O3/c1-18(13-14-19(2)20-11-7-6-8-12-20)17-21(22(27)26-15-9-10-16-26)25-23(28)29-24(3,4)5/h6-8,11-14,21H,9-10,15-17H2,1-5H3,(H,25,28)/b18-13+,19-14+/t21-/m0/s1. The maximum atomic E-state index is 13.0. The summed E-state index contributed by atoms with van der Waals surface area (Å²) in [6.07, 6.45) is 5.99. The molecule has 1 aliphatic rings. The summed E-state index contributed by atoms with van der Waals surface area (Å²) in [6.45, 7) is 11.0. The van der Waals surface area contributed by atoms with Gasteiger partial charge in [-0.3, -0.25) is 4.79 Å². The molecule has 1 heterocycles. The Morgan fingerprint density at radius 1 is 1.10 bits per heavy atom. The van der Waals surface area contributed by atoms with Crippen LogP contribution in [0.3, 0.4) is 0 Å². The van der Waals surface area contributed by atoms with Crippen LogP contribution in [0, 0.1) is 0 Å². The fraction of sp³-hybridized carbons (Fsp3) is 0.500. The number of hydrogen-bond donors (Lipinski definition) is 1. The van der Waals surface area contributed by atoms with Gasteiger partial charge in [0.15, 0.2) is 0 Å². The van der Waals surface area contributed by atoms with E-state index >= 15 is 0 Å². The van der Waals surface area contributed by atoms with Crippen molar-refractivity contribution in [3.05, 3.63) is 53.6 Å². The predicted molar refractivity (Wildman–Crippen MR) is 117 cm³/mol. The third-order valence-corrected chi connectivity index (χ3v) is 4.78. The van der Waals surface area contributed by atoms with Crippen LogP contribution in [0.2, 0.25) is 0 Å². The Morgan fingerprint density at radius 3 is 2.31 bits per heavy atom. The van der Waals surface area contributed by atoms with Gasteiger partial charge >= 0.3 is 6.09 Å². The molecule has 0 aliphatic carbocycles. The lowest BCUT2D eigenvalue weighted by atomic mass is 10.0. The molecule has 5 nitrogen and oxygen atoms in total. The van der Waals surface area contributed by atoms with Crippen molar-refractivity contribution in [1.82, 2.24) is 10.2 Å². The third kappa shape index (κ3) is 7.76. The number of ether oxygens (including phenoxy) is 1. The summed E-state index contributed by atoms with van der Waals surface area (Å²) in [5.41, 5.74) is 2.72. The molecule has 1 aromatic rings. The number of alkyl carbamates (subject to hydrolysis) is 1. The van der Waals surface area contributed by atoms with Gasteiger partial charge in [0.2, 0.25) is 5.91 Å². The van der Waals surface area contributed by atoms with Crippen LogP contribution in [-0.4, -0.2) is 41.6 Å². The third-order valence-electron chi connectivity index (χ3n) is 4.78. The molecule has 1 aromatic carbocycles. The first-order valence-corrected chi connectivity index (χ1v) is 10.3. The van der Waals surface area contributed by atoms with E-state index in [9.17, 15) is 9.59 Å². The van der Waals surface area contributed by atoms with E-state index in [4.69, 9.17) is 4.74 Å². The zero-order chi connectivity index (χ0) is 21.4. The van der Waals surface area contributed by atoms with Crippen LogP contribution in [0.15, 0.2) is 48.1 Å². The van der Waals surface area contributed by atoms with Gasteiger partial charge in [-0.25, -0.2) is 4.79 Å². The molecule has 0 spiro atoms. The van der Waals surface area contributed by atoms with E-state index in [-0.39, 0.29) is 5.91 Å². The predicted octanol–water partition coefficient (Wildman–Crippen LogP) is 4.94. The first-order valence-electron chi connectivity index (χ1n) is 10.3. The average Bonchev–Trinajstić information content (AvgIpc) is 3.19. The van der Waals surface area contributed by atoms with Crippen LogP contribution in [0.1, 0.15) is 59.4 Å². The second-order valence-corrected chi connectivity index (χ2v) is 8.66. The van der Waals surface area contributed by atoms with Gasteiger partial charge in [-0.05, 0) is 65.0 Å². The number of carbonyl (C=O) groups is 2. The van der Waals surface area contributed by atoms with Crippen LogP contribution < -0.4 is 5.32 Å². The monoisotopic (exact) mass is 398 g/mol. The average molecular weight is 399 g/mol. The number of nitrogens with one attached hydrogen (secondary N) is 1. The van der Waals surface area contributed by atoms with Crippen molar-refractivity contribution in [2.24, 2.45) is 0 Å². The van der Waals surface area contributed by atoms with Crippen LogP contribution in [0.4, 0.5) is 4.79 Å². The quantitative estimate of drug-likeness (QED) is 0.690. The summed E-state index contributed by atoms with van der Waals surface area (Å²) in [4.78, 5) is 27.1. The number of amides is 2. The number of allylic oxidation sites excluding steroid dienone is 3. The largest absolute Gasteiger partial charge is 0.444 e. The van der Waals surface area contributed by atoms with Gasteiger partial charge in [0, 0.05) is 13.1 Å². The summed E-state index contributed by atoms with van der Waals surface area (Å²) in [7, 11) is 0. The Labute approximate surface area is 174 Å². The highest BCUT2D eigenvalue weighted by Gasteiger charge is 2.29. The molecule has 0 radical (unpaired) electrons. The van der Waals surface area contributed by atoms with Crippen molar-refractivity contribution >= 4 is 17.6 Å². The lowest BCUT2D eigenvalue weighted by Crippen LogP contribution is -2.49. The van der Waals surface area contributed by atoms with E-state index in [0.717, 1.165) is 42.6 Å². The minimum atomic E-state index is -0.621. The van der Waals surface area contributed by atoms with Crippen molar-refractivity contribution in [2.75, 3.05) is 13.1 Å². The molecule has 29 heavy (non-hydrogen) atoms. The van der Waals surface area contributed by atoms with Gasteiger partial charge in [0.1, 0.15) is 11.6 Å². The SMILES string of the molecule is C/C(=C\C=C(/C)c1ccccc1)C[C@H](NC(=O)OC(C)(C)C)C(=O)N1CCCC1. The molecule has 0 unspecified atom stereocenters. The van der Waals surface area contributed by atoms with Gasteiger partial charge in [0.25, 0.3) is 0 Å². The zero-order valence-electron chi connectivity index (χ0n) is 18.3. The number of nitrogens with zero attached hydrogens (tertiary/aromatic N) is 1. The van der Waals surface area contributed by atoms with E-state index < -0.39 is 17.7 Å². The van der Waals surface area contributed by atoms with Crippen molar-refractivity contribution in [2.45, 2.75) is 65.5 Å². The van der Waals surface area contributed by atoms with E-state index in [0.29, 0.717) is 6.42 Å². The van der Waals surface area contributed by atoms with Gasteiger partial charge in [-0.1, -0.05) is 48.1 Å². The number of likely N-dealkylation sites (tertiary alicyclic amines) is 1. The number of hydrogen-bond acceptors (Lipinski definition) is 3. The summed E-state index contributed by atoms with van der Waals surface area (Å²) < 4.78 is 5.37. The summed E-state index contributed by atoms with van der Waals surface area (Å²) in [5, 5.41) is 2.79. The Balaban J connectivity index is 2.10. The van der Waals surface area contributed by atoms with Crippen molar-refractivity contribution in [3.8, 4) is 0 Å². The van der Waals surface area contributed by atoms with E-state index in [1.165, 1.54) is 0 Å². The summed E-state index contributed by atoms with van der Waals surface area (Å²) >= 11 is 0. The van der Waals surface area contributed by atoms with Crippen molar-refractivity contribution < 1.29 is 14.3 Å². The minimum Gasteiger partial charge on any atom is -0.444 e. The number of carbonyl (C=O) groups excluding carboxylic acids is 2. The highest BCUT2D eigenvalue weighted by atomic mass is 16.6. The first kappa shape index (κ1) is 22.7. The lowest BCUT2D eigenvalue weighted by Gasteiger charge is -2.26. The normalized spacial score (nSPS) is 16.5. The molecule has 1 aliphatic heterocycles. The van der Waals surface area contributed by atoms with Gasteiger partial charge in [0.05, 0.1) is 0 Å². The molecule has 1 fully saturated rings. The summed E-state index contributed by atoms with van der Waals surface area (Å²) in [5.74, 6) is -0.0372. The zero-order valence-corrected chi connectivity index (χ0v) is 18.3. The Morgan fingerprint density at radius 2 is 1.72 bits per heavy atom. The minimum absolute atomic E-state index is 0.0372. The molecule has 5 heteroatoms. The Kier molecular flexibility index (Phi) is 8.06. The molecular weight excluding hydrogens is 364 g/mol. The molecule has 158 valence electrons. The van der Waals surface area contributed by atoms with Crippen LogP contribution >= 0.6 is 0 Å². The summed E-state index contributed by atoms with van der Waals surface area (Å²) in [6, 6.07) is 9.54. The molecule has 0 aromatic heterocycles. The Bertz CT molecular complexity index is 754. The van der Waals surface area contributed by atoms with Crippen molar-refractivity contribution in [3.63, 3.8) is 0 Å². The number of benzene rings is 1. The first-order chi connectivity index (χ1) is 13.7. The molecule has 0 bridgehead atoms. The second kappa shape index (κ2) is 10.3. The molecule has 1 saturated heterocycles. The van der Waals surface area contributed by atoms with Crippen LogP contribution in [0.5, 0.6) is 0 Å². The van der Waals surface area contributed by atoms with Gasteiger partial charge < -0.3 is 15.0 Å². The fourth-order valence-electron chi connectivity index (χ4n) is 3.26. The molecule has 2 rings (SSSR count). The van der Waals surface area contributed by atoms with E-state index in [2.05, 4.69) is 30.4 Å². The molecule has 1 N–H and O–H groups in total.